The molecule has 0 aromatic heterocycles. The summed E-state index contributed by atoms with van der Waals surface area (Å²) < 4.78 is 26.9. The molecule has 1 N–H and O–H groups in total. The molecule has 1 aromatic rings. The fraction of sp³-hybridized carbons (Fsp3) is 0.500. The summed E-state index contributed by atoms with van der Waals surface area (Å²) in [4.78, 5) is 0. The van der Waals surface area contributed by atoms with Crippen LogP contribution in [0.4, 0.5) is 8.78 Å². The summed E-state index contributed by atoms with van der Waals surface area (Å²) in [7, 11) is 0. The summed E-state index contributed by atoms with van der Waals surface area (Å²) in [5.41, 5.74) is -0.00410. The van der Waals surface area contributed by atoms with Gasteiger partial charge in [-0.2, -0.15) is 0 Å². The maximum atomic E-state index is 13.6. The summed E-state index contributed by atoms with van der Waals surface area (Å²) in [6.07, 6.45) is 0.0219. The van der Waals surface area contributed by atoms with Crippen molar-refractivity contribution in [2.45, 2.75) is 31.5 Å². The van der Waals surface area contributed by atoms with Gasteiger partial charge in [-0.05, 0) is 26.0 Å². The predicted octanol–water partition coefficient (Wildman–Crippen LogP) is 2.76. The highest BCUT2D eigenvalue weighted by Gasteiger charge is 2.35. The molecule has 82 valence electrons. The maximum Gasteiger partial charge on any atom is 0.128 e. The van der Waals surface area contributed by atoms with Gasteiger partial charge in [0.25, 0.3) is 0 Å². The van der Waals surface area contributed by atoms with E-state index in [-0.39, 0.29) is 5.82 Å². The van der Waals surface area contributed by atoms with Crippen LogP contribution in [0.1, 0.15) is 25.3 Å². The van der Waals surface area contributed by atoms with Crippen molar-refractivity contribution in [1.29, 1.82) is 0 Å². The van der Waals surface area contributed by atoms with Crippen molar-refractivity contribution < 1.29 is 8.78 Å². The Morgan fingerprint density at radius 3 is 2.80 bits per heavy atom. The van der Waals surface area contributed by atoms with Crippen LogP contribution in [-0.4, -0.2) is 12.7 Å². The van der Waals surface area contributed by atoms with E-state index in [1.54, 1.807) is 18.2 Å². The molecule has 0 bridgehead atoms. The second kappa shape index (κ2) is 3.89. The van der Waals surface area contributed by atoms with Gasteiger partial charge < -0.3 is 5.32 Å². The van der Waals surface area contributed by atoms with Crippen LogP contribution in [0.15, 0.2) is 24.3 Å². The van der Waals surface area contributed by atoms with Crippen LogP contribution in [0.3, 0.4) is 0 Å². The smallest absolute Gasteiger partial charge is 0.128 e. The summed E-state index contributed by atoms with van der Waals surface area (Å²) in [6.45, 7) is 2.46. The molecule has 2 atom stereocenters. The first-order valence-electron chi connectivity index (χ1n) is 5.26. The number of nitrogens with one attached hydrogen (secondary N) is 1. The molecule has 1 nitrogen and oxygen atoms in total. The SMILES string of the molecule is CC1(c2ccccc2F)CC(F)CCN1. The number of piperidine rings is 1. The summed E-state index contributed by atoms with van der Waals surface area (Å²) in [6, 6.07) is 6.58. The normalized spacial score (nSPS) is 31.5. The summed E-state index contributed by atoms with van der Waals surface area (Å²) in [5.74, 6) is -0.262. The minimum atomic E-state index is -0.837. The molecule has 1 aromatic carbocycles. The molecule has 0 saturated carbocycles. The molecular weight excluding hydrogens is 196 g/mol. The van der Waals surface area contributed by atoms with E-state index in [0.717, 1.165) is 0 Å². The summed E-state index contributed by atoms with van der Waals surface area (Å²) in [5, 5.41) is 3.20. The van der Waals surface area contributed by atoms with Crippen molar-refractivity contribution in [2.75, 3.05) is 6.54 Å². The lowest BCUT2D eigenvalue weighted by molar-refractivity contribution is 0.162. The number of hydrogen-bond acceptors (Lipinski definition) is 1. The third-order valence-corrected chi connectivity index (χ3v) is 3.07. The van der Waals surface area contributed by atoms with E-state index in [0.29, 0.717) is 24.9 Å². The number of hydrogen-bond donors (Lipinski definition) is 1. The summed E-state index contributed by atoms with van der Waals surface area (Å²) >= 11 is 0. The zero-order valence-electron chi connectivity index (χ0n) is 8.76. The molecule has 0 amide bonds. The monoisotopic (exact) mass is 211 g/mol. The Morgan fingerprint density at radius 2 is 2.13 bits per heavy atom. The first-order chi connectivity index (χ1) is 7.12. The number of rotatable bonds is 1. The molecule has 15 heavy (non-hydrogen) atoms. The third kappa shape index (κ3) is 2.02. The first-order valence-corrected chi connectivity index (χ1v) is 5.26. The van der Waals surface area contributed by atoms with Crippen LogP contribution in [0.25, 0.3) is 0 Å². The van der Waals surface area contributed by atoms with Gasteiger partial charge in [-0.1, -0.05) is 18.2 Å². The number of benzene rings is 1. The Balaban J connectivity index is 2.32. The van der Waals surface area contributed by atoms with Crippen LogP contribution in [0.5, 0.6) is 0 Å². The molecule has 0 radical (unpaired) electrons. The van der Waals surface area contributed by atoms with Crippen LogP contribution < -0.4 is 5.32 Å². The second-order valence-corrected chi connectivity index (χ2v) is 4.33. The minimum absolute atomic E-state index is 0.262. The van der Waals surface area contributed by atoms with Crippen molar-refractivity contribution in [3.05, 3.63) is 35.6 Å². The van der Waals surface area contributed by atoms with Gasteiger partial charge in [0.1, 0.15) is 12.0 Å². The molecule has 1 aliphatic heterocycles. The van der Waals surface area contributed by atoms with E-state index in [1.807, 2.05) is 6.92 Å². The largest absolute Gasteiger partial charge is 0.307 e. The molecule has 0 aliphatic carbocycles. The fourth-order valence-corrected chi connectivity index (χ4v) is 2.24. The Hall–Kier alpha value is -0.960. The zero-order chi connectivity index (χ0) is 10.9. The maximum absolute atomic E-state index is 13.6. The van der Waals surface area contributed by atoms with Crippen LogP contribution >= 0.6 is 0 Å². The molecule has 1 heterocycles. The molecule has 1 fully saturated rings. The van der Waals surface area contributed by atoms with E-state index in [4.69, 9.17) is 0 Å². The molecule has 2 rings (SSSR count). The predicted molar refractivity (Wildman–Crippen MR) is 55.9 cm³/mol. The molecule has 0 spiro atoms. The van der Waals surface area contributed by atoms with Crippen molar-refractivity contribution in [2.24, 2.45) is 0 Å². The average Bonchev–Trinajstić information content (AvgIpc) is 2.17. The quantitative estimate of drug-likeness (QED) is 0.753. The Kier molecular flexibility index (Phi) is 2.74. The van der Waals surface area contributed by atoms with Crippen LogP contribution in [-0.2, 0) is 5.54 Å². The molecule has 2 unspecified atom stereocenters. The van der Waals surface area contributed by atoms with Gasteiger partial charge in [-0.25, -0.2) is 8.78 Å². The Morgan fingerprint density at radius 1 is 1.40 bits per heavy atom. The van der Waals surface area contributed by atoms with E-state index in [1.165, 1.54) is 6.07 Å². The van der Waals surface area contributed by atoms with Gasteiger partial charge >= 0.3 is 0 Å². The number of halogens is 2. The van der Waals surface area contributed by atoms with Crippen LogP contribution in [0.2, 0.25) is 0 Å². The van der Waals surface area contributed by atoms with Gasteiger partial charge in [0.15, 0.2) is 0 Å². The zero-order valence-corrected chi connectivity index (χ0v) is 8.76. The van der Waals surface area contributed by atoms with Crippen molar-refractivity contribution in [1.82, 2.24) is 5.32 Å². The highest BCUT2D eigenvalue weighted by atomic mass is 19.1. The molecule has 1 aliphatic rings. The highest BCUT2D eigenvalue weighted by molar-refractivity contribution is 5.26. The van der Waals surface area contributed by atoms with Crippen molar-refractivity contribution >= 4 is 0 Å². The standard InChI is InChI=1S/C12H15F2N/c1-12(8-9(13)6-7-15-12)10-4-2-3-5-11(10)14/h2-5,9,15H,6-8H2,1H3. The lowest BCUT2D eigenvalue weighted by Crippen LogP contribution is -2.47. The molecule has 1 saturated heterocycles. The fourth-order valence-electron chi connectivity index (χ4n) is 2.24. The van der Waals surface area contributed by atoms with Crippen LogP contribution in [0, 0.1) is 5.82 Å². The van der Waals surface area contributed by atoms with Crippen molar-refractivity contribution in [3.63, 3.8) is 0 Å². The average molecular weight is 211 g/mol. The van der Waals surface area contributed by atoms with Crippen molar-refractivity contribution in [3.8, 4) is 0 Å². The topological polar surface area (TPSA) is 12.0 Å². The first kappa shape index (κ1) is 10.6. The molecule has 3 heteroatoms. The third-order valence-electron chi connectivity index (χ3n) is 3.07. The highest BCUT2D eigenvalue weighted by Crippen LogP contribution is 2.32. The molecular formula is C12H15F2N. The Labute approximate surface area is 88.5 Å². The van der Waals surface area contributed by atoms with E-state index < -0.39 is 11.7 Å². The van der Waals surface area contributed by atoms with E-state index in [2.05, 4.69) is 5.32 Å². The lowest BCUT2D eigenvalue weighted by atomic mass is 9.83. The van der Waals surface area contributed by atoms with Gasteiger partial charge in [0.05, 0.1) is 0 Å². The van der Waals surface area contributed by atoms with Gasteiger partial charge in [-0.15, -0.1) is 0 Å². The lowest BCUT2D eigenvalue weighted by Gasteiger charge is -2.37. The van der Waals surface area contributed by atoms with Gasteiger partial charge in [-0.3, -0.25) is 0 Å². The van der Waals surface area contributed by atoms with Gasteiger partial charge in [0.2, 0.25) is 0 Å². The van der Waals surface area contributed by atoms with E-state index in [9.17, 15) is 8.78 Å². The second-order valence-electron chi connectivity index (χ2n) is 4.33. The number of alkyl halides is 1. The Bertz CT molecular complexity index is 353. The van der Waals surface area contributed by atoms with Gasteiger partial charge in [0, 0.05) is 17.5 Å². The minimum Gasteiger partial charge on any atom is -0.307 e. The van der Waals surface area contributed by atoms with E-state index >= 15 is 0 Å².